The lowest BCUT2D eigenvalue weighted by atomic mass is 9.90. The maximum atomic E-state index is 14.3. The molecule has 0 heterocycles. The van der Waals surface area contributed by atoms with Gasteiger partial charge in [0.2, 0.25) is 0 Å². The summed E-state index contributed by atoms with van der Waals surface area (Å²) in [7, 11) is 0. The van der Waals surface area contributed by atoms with Crippen LogP contribution in [0.5, 0.6) is 0 Å². The van der Waals surface area contributed by atoms with Gasteiger partial charge in [0.1, 0.15) is 5.67 Å². The van der Waals surface area contributed by atoms with Crippen LogP contribution in [0.25, 0.3) is 0 Å². The molecule has 0 bridgehead atoms. The van der Waals surface area contributed by atoms with E-state index in [9.17, 15) is 22.0 Å². The van der Waals surface area contributed by atoms with E-state index < -0.39 is 29.7 Å². The summed E-state index contributed by atoms with van der Waals surface area (Å²) in [6.45, 7) is 1.31. The highest BCUT2D eigenvalue weighted by molar-refractivity contribution is 5.38. The van der Waals surface area contributed by atoms with Crippen LogP contribution < -0.4 is 0 Å². The molecule has 18 heavy (non-hydrogen) atoms. The third-order valence-corrected chi connectivity index (χ3v) is 3.16. The minimum atomic E-state index is -4.53. The lowest BCUT2D eigenvalue weighted by Gasteiger charge is -2.21. The quantitative estimate of drug-likeness (QED) is 0.636. The van der Waals surface area contributed by atoms with Gasteiger partial charge in [0.25, 0.3) is 0 Å². The molecule has 0 fully saturated rings. The van der Waals surface area contributed by atoms with Crippen LogP contribution in [-0.2, 0) is 11.8 Å². The molecular weight excluding hydrogens is 251 g/mol. The molecule has 0 N–H and O–H groups in total. The zero-order chi connectivity index (χ0) is 13.6. The van der Waals surface area contributed by atoms with E-state index in [0.29, 0.717) is 0 Å². The van der Waals surface area contributed by atoms with Crippen molar-refractivity contribution in [2.24, 2.45) is 0 Å². The molecule has 1 aliphatic carbocycles. The number of aryl methyl sites for hydroxylation is 1. The molecule has 98 valence electrons. The highest BCUT2D eigenvalue weighted by Gasteiger charge is 2.39. The zero-order valence-electron chi connectivity index (χ0n) is 9.61. The van der Waals surface area contributed by atoms with Crippen LogP contribution >= 0.6 is 0 Å². The van der Waals surface area contributed by atoms with Gasteiger partial charge in [-0.1, -0.05) is 12.1 Å². The van der Waals surface area contributed by atoms with Crippen molar-refractivity contribution in [2.75, 3.05) is 0 Å². The van der Waals surface area contributed by atoms with Gasteiger partial charge < -0.3 is 0 Å². The van der Waals surface area contributed by atoms with Crippen molar-refractivity contribution in [2.45, 2.75) is 31.6 Å². The number of benzene rings is 1. The second-order valence-corrected chi connectivity index (χ2v) is 4.52. The number of allylic oxidation sites excluding steroid dienone is 2. The van der Waals surface area contributed by atoms with Gasteiger partial charge in [-0.25, -0.2) is 8.78 Å². The van der Waals surface area contributed by atoms with E-state index in [2.05, 4.69) is 0 Å². The van der Waals surface area contributed by atoms with Crippen molar-refractivity contribution in [1.82, 2.24) is 0 Å². The van der Waals surface area contributed by atoms with Gasteiger partial charge in [-0.2, -0.15) is 13.2 Å². The van der Waals surface area contributed by atoms with E-state index in [4.69, 9.17) is 0 Å². The Bertz CT molecular complexity index is 501. The first-order valence-electron chi connectivity index (χ1n) is 5.44. The summed E-state index contributed by atoms with van der Waals surface area (Å²) in [6, 6.07) is 3.29. The molecule has 1 atom stereocenters. The molecule has 1 aromatic carbocycles. The van der Waals surface area contributed by atoms with Crippen molar-refractivity contribution in [3.05, 3.63) is 46.8 Å². The normalized spacial score (nSPS) is 24.2. The zero-order valence-corrected chi connectivity index (χ0v) is 9.61. The molecule has 0 spiro atoms. The van der Waals surface area contributed by atoms with Gasteiger partial charge in [0, 0.05) is 12.8 Å². The minimum Gasteiger partial charge on any atom is -0.238 e. The van der Waals surface area contributed by atoms with E-state index in [1.807, 2.05) is 0 Å². The van der Waals surface area contributed by atoms with Gasteiger partial charge in [-0.05, 0) is 30.2 Å². The van der Waals surface area contributed by atoms with Gasteiger partial charge in [-0.3, -0.25) is 0 Å². The van der Waals surface area contributed by atoms with Crippen LogP contribution in [0.4, 0.5) is 22.0 Å². The summed E-state index contributed by atoms with van der Waals surface area (Å²) in [5.74, 6) is -0.619. The van der Waals surface area contributed by atoms with Crippen molar-refractivity contribution in [3.8, 4) is 0 Å². The van der Waals surface area contributed by atoms with Gasteiger partial charge in [0.05, 0.1) is 11.4 Å². The van der Waals surface area contributed by atoms with Gasteiger partial charge in [0.15, 0.2) is 0 Å². The Morgan fingerprint density at radius 1 is 1.22 bits per heavy atom. The Hall–Kier alpha value is -1.39. The van der Waals surface area contributed by atoms with Crippen molar-refractivity contribution < 1.29 is 22.0 Å². The molecule has 1 unspecified atom stereocenters. The maximum absolute atomic E-state index is 14.3. The number of rotatable bonds is 1. The van der Waals surface area contributed by atoms with Crippen LogP contribution in [0.3, 0.4) is 0 Å². The fourth-order valence-corrected chi connectivity index (χ4v) is 2.11. The number of hydrogen-bond acceptors (Lipinski definition) is 0. The molecule has 5 heteroatoms. The van der Waals surface area contributed by atoms with Gasteiger partial charge >= 0.3 is 6.18 Å². The second-order valence-electron chi connectivity index (χ2n) is 4.52. The third-order valence-electron chi connectivity index (χ3n) is 3.16. The van der Waals surface area contributed by atoms with Crippen molar-refractivity contribution >= 4 is 0 Å². The molecule has 0 saturated carbocycles. The molecular formula is C13H11F5. The van der Waals surface area contributed by atoms with Crippen molar-refractivity contribution in [3.63, 3.8) is 0 Å². The monoisotopic (exact) mass is 262 g/mol. The SMILES string of the molecule is Cc1ccc(C2(F)CC=C(F)C2)cc1C(F)(F)F. The van der Waals surface area contributed by atoms with E-state index in [1.54, 1.807) is 0 Å². The first-order valence-corrected chi connectivity index (χ1v) is 5.44. The van der Waals surface area contributed by atoms with Crippen LogP contribution in [0, 0.1) is 6.92 Å². The van der Waals surface area contributed by atoms with Gasteiger partial charge in [-0.15, -0.1) is 0 Å². The van der Waals surface area contributed by atoms with E-state index in [1.165, 1.54) is 19.1 Å². The standard InChI is InChI=1S/C13H11F5/c1-8-2-3-9(6-11(8)13(16,17)18)12(15)5-4-10(14)7-12/h2-4,6H,5,7H2,1H3. The van der Waals surface area contributed by atoms with E-state index >= 15 is 0 Å². The summed E-state index contributed by atoms with van der Waals surface area (Å²) in [5, 5.41) is 0. The smallest absolute Gasteiger partial charge is 0.238 e. The van der Waals surface area contributed by atoms with Crippen LogP contribution in [0.1, 0.15) is 29.5 Å². The summed E-state index contributed by atoms with van der Waals surface area (Å²) < 4.78 is 65.4. The Kier molecular flexibility index (Phi) is 2.95. The third kappa shape index (κ3) is 2.26. The van der Waals surface area contributed by atoms with Crippen LogP contribution in [-0.4, -0.2) is 0 Å². The lowest BCUT2D eigenvalue weighted by molar-refractivity contribution is -0.138. The molecule has 2 rings (SSSR count). The molecule has 1 aromatic rings. The van der Waals surface area contributed by atoms with Crippen molar-refractivity contribution in [1.29, 1.82) is 0 Å². The average Bonchev–Trinajstić information content (AvgIpc) is 2.58. The van der Waals surface area contributed by atoms with E-state index in [0.717, 1.165) is 12.1 Å². The first-order chi connectivity index (χ1) is 8.22. The number of halogens is 5. The molecule has 0 amide bonds. The van der Waals surface area contributed by atoms with Crippen LogP contribution in [0.2, 0.25) is 0 Å². The molecule has 1 aliphatic rings. The summed E-state index contributed by atoms with van der Waals surface area (Å²) in [6.07, 6.45) is -4.17. The average molecular weight is 262 g/mol. The largest absolute Gasteiger partial charge is 0.416 e. The second kappa shape index (κ2) is 4.07. The fourth-order valence-electron chi connectivity index (χ4n) is 2.11. The predicted octanol–water partition coefficient (Wildman–Crippen LogP) is 4.83. The minimum absolute atomic E-state index is 0.0290. The summed E-state index contributed by atoms with van der Waals surface area (Å²) >= 11 is 0. The summed E-state index contributed by atoms with van der Waals surface area (Å²) in [5.41, 5.74) is -3.02. The highest BCUT2D eigenvalue weighted by atomic mass is 19.4. The molecule has 0 aliphatic heterocycles. The van der Waals surface area contributed by atoms with Crippen LogP contribution in [0.15, 0.2) is 30.1 Å². The Morgan fingerprint density at radius 2 is 1.89 bits per heavy atom. The summed E-state index contributed by atoms with van der Waals surface area (Å²) in [4.78, 5) is 0. The highest BCUT2D eigenvalue weighted by Crippen LogP contribution is 2.44. The molecule has 0 radical (unpaired) electrons. The first kappa shape index (κ1) is 13.1. The molecule has 0 aromatic heterocycles. The Morgan fingerprint density at radius 3 is 2.39 bits per heavy atom. The predicted molar refractivity (Wildman–Crippen MR) is 57.4 cm³/mol. The van der Waals surface area contributed by atoms with E-state index in [-0.39, 0.29) is 17.5 Å². The molecule has 0 nitrogen and oxygen atoms in total. The Labute approximate surface area is 101 Å². The molecule has 0 saturated heterocycles. The Balaban J connectivity index is 2.43. The lowest BCUT2D eigenvalue weighted by Crippen LogP contribution is -2.18. The fraction of sp³-hybridized carbons (Fsp3) is 0.385. The number of hydrogen-bond donors (Lipinski definition) is 0. The maximum Gasteiger partial charge on any atom is 0.416 e. The number of alkyl halides is 4. The topological polar surface area (TPSA) is 0 Å².